The van der Waals surface area contributed by atoms with Crippen LogP contribution >= 0.6 is 0 Å². The van der Waals surface area contributed by atoms with Crippen molar-refractivity contribution in [3.63, 3.8) is 0 Å². The van der Waals surface area contributed by atoms with Crippen LogP contribution in [0.5, 0.6) is 0 Å². The normalized spacial score (nSPS) is 10.7. The molecule has 17 heavy (non-hydrogen) atoms. The highest BCUT2D eigenvalue weighted by Crippen LogP contribution is 2.12. The zero-order valence-corrected chi connectivity index (χ0v) is 9.59. The zero-order valence-electron chi connectivity index (χ0n) is 9.59. The quantitative estimate of drug-likeness (QED) is 0.803. The summed E-state index contributed by atoms with van der Waals surface area (Å²) in [5.74, 6) is 0.524. The highest BCUT2D eigenvalue weighted by atomic mass is 16.5. The van der Waals surface area contributed by atoms with Crippen LogP contribution in [0, 0.1) is 0 Å². The van der Waals surface area contributed by atoms with Crippen LogP contribution in [-0.4, -0.2) is 34.2 Å². The lowest BCUT2D eigenvalue weighted by atomic mass is 10.2. The average molecular weight is 234 g/mol. The summed E-state index contributed by atoms with van der Waals surface area (Å²) in [7, 11) is 1.36. The van der Waals surface area contributed by atoms with Crippen LogP contribution in [0.25, 0.3) is 5.52 Å². The van der Waals surface area contributed by atoms with Crippen molar-refractivity contribution in [1.82, 2.24) is 9.38 Å². The molecule has 5 nitrogen and oxygen atoms in total. The molecule has 0 aliphatic rings. The van der Waals surface area contributed by atoms with Gasteiger partial charge in [-0.05, 0) is 18.6 Å². The van der Waals surface area contributed by atoms with E-state index in [4.69, 9.17) is 5.11 Å². The predicted molar refractivity (Wildman–Crippen MR) is 61.9 cm³/mol. The van der Waals surface area contributed by atoms with E-state index >= 15 is 0 Å². The van der Waals surface area contributed by atoms with E-state index in [1.54, 1.807) is 24.5 Å². The van der Waals surface area contributed by atoms with Crippen molar-refractivity contribution in [2.45, 2.75) is 12.8 Å². The first-order valence-electron chi connectivity index (χ1n) is 5.41. The second-order valence-electron chi connectivity index (χ2n) is 3.70. The number of carbonyl (C=O) groups is 1. The predicted octanol–water partition coefficient (Wildman–Crippen LogP) is 1.05. The summed E-state index contributed by atoms with van der Waals surface area (Å²) in [6, 6.07) is 3.43. The van der Waals surface area contributed by atoms with E-state index in [9.17, 15) is 4.79 Å². The number of aliphatic hydroxyl groups excluding tert-OH is 1. The molecule has 0 saturated carbocycles. The van der Waals surface area contributed by atoms with Gasteiger partial charge in [-0.2, -0.15) is 0 Å². The van der Waals surface area contributed by atoms with Crippen LogP contribution in [0.1, 0.15) is 22.6 Å². The van der Waals surface area contributed by atoms with Gasteiger partial charge < -0.3 is 14.2 Å². The lowest BCUT2D eigenvalue weighted by molar-refractivity contribution is 0.0600. The number of carbonyl (C=O) groups excluding carboxylic acids is 1. The van der Waals surface area contributed by atoms with Crippen molar-refractivity contribution < 1.29 is 14.6 Å². The molecule has 90 valence electrons. The Labute approximate surface area is 98.7 Å². The molecular weight excluding hydrogens is 220 g/mol. The average Bonchev–Trinajstić information content (AvgIpc) is 2.77. The Hall–Kier alpha value is -1.88. The smallest absolute Gasteiger partial charge is 0.337 e. The number of esters is 1. The Kier molecular flexibility index (Phi) is 3.39. The Morgan fingerprint density at radius 1 is 1.59 bits per heavy atom. The van der Waals surface area contributed by atoms with Gasteiger partial charge in [-0.25, -0.2) is 9.78 Å². The Bertz CT molecular complexity index is 534. The highest BCUT2D eigenvalue weighted by Gasteiger charge is 2.08. The van der Waals surface area contributed by atoms with Crippen LogP contribution in [0.3, 0.4) is 0 Å². The molecule has 2 aromatic rings. The van der Waals surface area contributed by atoms with Crippen molar-refractivity contribution in [2.24, 2.45) is 0 Å². The highest BCUT2D eigenvalue weighted by molar-refractivity contribution is 5.90. The Morgan fingerprint density at radius 2 is 2.41 bits per heavy atom. The lowest BCUT2D eigenvalue weighted by Gasteiger charge is -2.02. The number of aryl methyl sites for hydroxylation is 1. The fourth-order valence-electron chi connectivity index (χ4n) is 1.72. The molecule has 2 rings (SSSR count). The molecule has 0 fully saturated rings. The largest absolute Gasteiger partial charge is 0.465 e. The molecule has 0 radical (unpaired) electrons. The number of rotatable bonds is 4. The molecule has 0 aliphatic carbocycles. The van der Waals surface area contributed by atoms with Crippen molar-refractivity contribution in [2.75, 3.05) is 13.7 Å². The summed E-state index contributed by atoms with van der Waals surface area (Å²) in [5.41, 5.74) is 1.36. The first kappa shape index (κ1) is 11.6. The molecule has 0 bridgehead atoms. The maximum atomic E-state index is 11.4. The molecule has 0 aromatic carbocycles. The van der Waals surface area contributed by atoms with Gasteiger partial charge in [0.1, 0.15) is 5.82 Å². The van der Waals surface area contributed by atoms with Crippen LogP contribution < -0.4 is 0 Å². The first-order chi connectivity index (χ1) is 8.26. The minimum Gasteiger partial charge on any atom is -0.465 e. The summed E-state index contributed by atoms with van der Waals surface area (Å²) in [5, 5.41) is 8.79. The third-order valence-corrected chi connectivity index (χ3v) is 2.59. The van der Waals surface area contributed by atoms with E-state index in [2.05, 4.69) is 9.72 Å². The summed E-state index contributed by atoms with van der Waals surface area (Å²) in [4.78, 5) is 15.6. The number of fused-ring (bicyclic) bond motifs is 1. The lowest BCUT2D eigenvalue weighted by Crippen LogP contribution is -2.02. The fraction of sp³-hybridized carbons (Fsp3) is 0.333. The number of hydrogen-bond donors (Lipinski definition) is 1. The van der Waals surface area contributed by atoms with Gasteiger partial charge in [0, 0.05) is 19.2 Å². The van der Waals surface area contributed by atoms with E-state index in [0.29, 0.717) is 18.4 Å². The van der Waals surface area contributed by atoms with E-state index < -0.39 is 0 Å². The second kappa shape index (κ2) is 4.97. The monoisotopic (exact) mass is 234 g/mol. The van der Waals surface area contributed by atoms with Gasteiger partial charge in [-0.3, -0.25) is 0 Å². The van der Waals surface area contributed by atoms with Gasteiger partial charge in [0.05, 0.1) is 24.4 Å². The molecule has 2 heterocycles. The molecule has 0 spiro atoms. The minimum atomic E-state index is -0.356. The fourth-order valence-corrected chi connectivity index (χ4v) is 1.72. The summed E-state index contributed by atoms with van der Waals surface area (Å²) in [6.45, 7) is 0.148. The van der Waals surface area contributed by atoms with Gasteiger partial charge in [-0.15, -0.1) is 0 Å². The molecule has 0 unspecified atom stereocenters. The molecule has 1 N–H and O–H groups in total. The van der Waals surface area contributed by atoms with Crippen molar-refractivity contribution in [3.8, 4) is 0 Å². The minimum absolute atomic E-state index is 0.148. The maximum absolute atomic E-state index is 11.4. The number of imidazole rings is 1. The van der Waals surface area contributed by atoms with E-state index in [1.165, 1.54) is 7.11 Å². The molecule has 0 atom stereocenters. The molecule has 0 saturated heterocycles. The number of methoxy groups -OCH3 is 1. The molecule has 2 aromatic heterocycles. The van der Waals surface area contributed by atoms with Gasteiger partial charge in [0.2, 0.25) is 0 Å². The second-order valence-corrected chi connectivity index (χ2v) is 3.70. The number of ether oxygens (including phenoxy) is 1. The zero-order chi connectivity index (χ0) is 12.3. The summed E-state index contributed by atoms with van der Waals surface area (Å²) < 4.78 is 6.56. The van der Waals surface area contributed by atoms with Crippen molar-refractivity contribution >= 4 is 11.5 Å². The molecule has 0 amide bonds. The van der Waals surface area contributed by atoms with Gasteiger partial charge in [-0.1, -0.05) is 0 Å². The van der Waals surface area contributed by atoms with Crippen LogP contribution in [0.15, 0.2) is 24.5 Å². The SMILES string of the molecule is COC(=O)c1ccn2c(CCCO)ncc2c1. The van der Waals surface area contributed by atoms with E-state index in [-0.39, 0.29) is 12.6 Å². The summed E-state index contributed by atoms with van der Waals surface area (Å²) in [6.07, 6.45) is 4.89. The number of pyridine rings is 1. The van der Waals surface area contributed by atoms with Gasteiger partial charge >= 0.3 is 5.97 Å². The molecule has 5 heteroatoms. The number of hydrogen-bond acceptors (Lipinski definition) is 4. The topological polar surface area (TPSA) is 63.8 Å². The Morgan fingerprint density at radius 3 is 3.12 bits per heavy atom. The van der Waals surface area contributed by atoms with E-state index in [0.717, 1.165) is 11.3 Å². The number of aromatic nitrogens is 2. The number of aliphatic hydroxyl groups is 1. The van der Waals surface area contributed by atoms with Crippen LogP contribution in [0.4, 0.5) is 0 Å². The van der Waals surface area contributed by atoms with Crippen LogP contribution in [0.2, 0.25) is 0 Å². The van der Waals surface area contributed by atoms with Crippen molar-refractivity contribution in [1.29, 1.82) is 0 Å². The first-order valence-corrected chi connectivity index (χ1v) is 5.41. The third kappa shape index (κ3) is 2.29. The van der Waals surface area contributed by atoms with Gasteiger partial charge in [0.25, 0.3) is 0 Å². The standard InChI is InChI=1S/C12H14N2O3/c1-17-12(16)9-4-5-14-10(7-9)8-13-11(14)3-2-6-15/h4-5,7-8,15H,2-3,6H2,1H3. The van der Waals surface area contributed by atoms with Crippen molar-refractivity contribution in [3.05, 3.63) is 35.9 Å². The van der Waals surface area contributed by atoms with Gasteiger partial charge in [0.15, 0.2) is 0 Å². The molecular formula is C12H14N2O3. The molecule has 0 aliphatic heterocycles. The number of nitrogens with zero attached hydrogens (tertiary/aromatic N) is 2. The summed E-state index contributed by atoms with van der Waals surface area (Å²) >= 11 is 0. The Balaban J connectivity index is 2.34. The third-order valence-electron chi connectivity index (χ3n) is 2.59. The van der Waals surface area contributed by atoms with E-state index in [1.807, 2.05) is 4.40 Å². The van der Waals surface area contributed by atoms with Crippen LogP contribution in [-0.2, 0) is 11.2 Å². The maximum Gasteiger partial charge on any atom is 0.337 e.